The Bertz CT molecular complexity index is 2050. The van der Waals surface area contributed by atoms with E-state index in [0.717, 1.165) is 38.9 Å². The lowest BCUT2D eigenvalue weighted by atomic mass is 10.1. The zero-order valence-electron chi connectivity index (χ0n) is 38.8. The van der Waals surface area contributed by atoms with Crippen LogP contribution in [-0.4, -0.2) is 67.4 Å². The van der Waals surface area contributed by atoms with Gasteiger partial charge in [-0.05, 0) is 150 Å². The van der Waals surface area contributed by atoms with Crippen LogP contribution in [0.4, 0.5) is 14.5 Å². The average molecular weight is 857 g/mol. The van der Waals surface area contributed by atoms with E-state index in [1.807, 2.05) is 122 Å². The van der Waals surface area contributed by atoms with Crippen LogP contribution in [0.2, 0.25) is 0 Å². The van der Waals surface area contributed by atoms with Crippen molar-refractivity contribution in [1.29, 1.82) is 0 Å². The van der Waals surface area contributed by atoms with E-state index >= 15 is 0 Å². The lowest BCUT2D eigenvalue weighted by Gasteiger charge is -2.31. The van der Waals surface area contributed by atoms with E-state index in [9.17, 15) is 8.78 Å². The summed E-state index contributed by atoms with van der Waals surface area (Å²) in [5.74, 6) is 3.25. The maximum absolute atomic E-state index is 12.9. The van der Waals surface area contributed by atoms with E-state index in [0.29, 0.717) is 32.0 Å². The summed E-state index contributed by atoms with van der Waals surface area (Å²) in [6.45, 7) is 27.5. The minimum absolute atomic E-state index is 0.0244. The molecule has 3 aliphatic rings. The van der Waals surface area contributed by atoms with Crippen molar-refractivity contribution < 1.29 is 32.5 Å². The van der Waals surface area contributed by atoms with E-state index < -0.39 is 11.6 Å². The van der Waals surface area contributed by atoms with Crippen LogP contribution < -0.4 is 25.5 Å². The maximum atomic E-state index is 12.9. The Morgan fingerprint density at radius 1 is 0.790 bits per heavy atom. The molecule has 1 unspecified atom stereocenters. The molecule has 7 rings (SSSR count). The summed E-state index contributed by atoms with van der Waals surface area (Å²) in [4.78, 5) is 11.0. The van der Waals surface area contributed by atoms with Gasteiger partial charge in [-0.25, -0.2) is 8.78 Å². The summed E-state index contributed by atoms with van der Waals surface area (Å²) in [5.41, 5.74) is 3.53. The summed E-state index contributed by atoms with van der Waals surface area (Å²) in [6, 6.07) is 25.4. The second-order valence-corrected chi connectivity index (χ2v) is 17.1. The molecule has 4 aromatic rings. The van der Waals surface area contributed by atoms with Crippen molar-refractivity contribution in [3.8, 4) is 23.8 Å². The first-order chi connectivity index (χ1) is 29.4. The van der Waals surface area contributed by atoms with Gasteiger partial charge < -0.3 is 29.0 Å². The van der Waals surface area contributed by atoms with Gasteiger partial charge in [-0.3, -0.25) is 14.9 Å². The lowest BCUT2D eigenvalue weighted by molar-refractivity contribution is -0.150. The number of hydrogen-bond acceptors (Lipinski definition) is 9. The predicted molar refractivity (Wildman–Crippen MR) is 246 cm³/mol. The van der Waals surface area contributed by atoms with Crippen molar-refractivity contribution in [2.75, 3.05) is 31.7 Å². The standard InChI is InChI=1S/C12H16O3.C12H14O.C10H12N2O.C9H11F2N.C8H17N/c1-9(2)13-8-12-14-7-10-5-3-4-6-11(10)15-12;1-4-11-5-7-12(8-6-11)9-13-10(2)3;1-7(2)13-8-3-4-9-10(5-8)12-6-11-9;1-6(2)12-9-7(10)4-3-5-8(9)11;1-8(2,3)9-6-4-5-7-9/h3-6,9,12H,7-8H2,1-2H3;1,5-8,10H,9H2,2-3H3;3-5,7H,6H2,1-2H3;3-6,12H,1-2H3;4-7H2,1-3H3. The fourth-order valence-corrected chi connectivity index (χ4v) is 6.02. The lowest BCUT2D eigenvalue weighted by Crippen LogP contribution is -2.38. The first kappa shape index (κ1) is 51.5. The SMILES string of the molecule is C#Cc1ccc(COC(C)C)cc1.CC(C)(C)N1CCCC1.CC(C)Nc1c(F)cccc1F.CC(C)OCC1OCc2ccccc2O1.CC(C)Oc1ccc2c(c1)=NCN=2. The van der Waals surface area contributed by atoms with Crippen LogP contribution in [0.3, 0.4) is 0 Å². The molecule has 0 spiro atoms. The van der Waals surface area contributed by atoms with Crippen molar-refractivity contribution in [3.63, 3.8) is 0 Å². The van der Waals surface area contributed by atoms with Gasteiger partial charge in [-0.2, -0.15) is 0 Å². The van der Waals surface area contributed by atoms with Crippen LogP contribution in [0.1, 0.15) is 106 Å². The summed E-state index contributed by atoms with van der Waals surface area (Å²) in [6.07, 6.45) is 8.44. The molecule has 62 heavy (non-hydrogen) atoms. The zero-order valence-corrected chi connectivity index (χ0v) is 38.8. The smallest absolute Gasteiger partial charge is 0.223 e. The van der Waals surface area contributed by atoms with Gasteiger partial charge in [0.1, 0.15) is 42.1 Å². The first-order valence-corrected chi connectivity index (χ1v) is 21.7. The monoisotopic (exact) mass is 857 g/mol. The van der Waals surface area contributed by atoms with Gasteiger partial charge >= 0.3 is 0 Å². The fourth-order valence-electron chi connectivity index (χ4n) is 6.02. The molecule has 0 radical (unpaired) electrons. The summed E-state index contributed by atoms with van der Waals surface area (Å²) in [5, 5.41) is 4.60. The number of halogens is 2. The molecule has 4 aromatic carbocycles. The van der Waals surface area contributed by atoms with Crippen LogP contribution in [-0.2, 0) is 27.4 Å². The molecule has 11 heteroatoms. The second kappa shape index (κ2) is 26.6. The third-order valence-corrected chi connectivity index (χ3v) is 9.18. The van der Waals surface area contributed by atoms with Crippen LogP contribution in [0.15, 0.2) is 94.9 Å². The van der Waals surface area contributed by atoms with Gasteiger partial charge in [0.25, 0.3) is 0 Å². The highest BCUT2D eigenvalue weighted by Gasteiger charge is 2.23. The Hall–Kier alpha value is -4.86. The van der Waals surface area contributed by atoms with Gasteiger partial charge in [0.15, 0.2) is 0 Å². The predicted octanol–water partition coefficient (Wildman–Crippen LogP) is 10.3. The van der Waals surface area contributed by atoms with Gasteiger partial charge in [0.05, 0.1) is 42.2 Å². The Morgan fingerprint density at radius 2 is 1.42 bits per heavy atom. The molecule has 0 aliphatic carbocycles. The summed E-state index contributed by atoms with van der Waals surface area (Å²) < 4.78 is 53.4. The zero-order chi connectivity index (χ0) is 45.7. The van der Waals surface area contributed by atoms with E-state index in [1.54, 1.807) is 0 Å². The van der Waals surface area contributed by atoms with E-state index in [1.165, 1.54) is 44.1 Å². The Kier molecular flexibility index (Phi) is 22.1. The minimum Gasteiger partial charge on any atom is -0.491 e. The Labute approximate surface area is 369 Å². The number of likely N-dealkylation sites (tertiary alicyclic amines) is 1. The van der Waals surface area contributed by atoms with Crippen molar-refractivity contribution in [2.24, 2.45) is 9.98 Å². The number of rotatable bonds is 10. The summed E-state index contributed by atoms with van der Waals surface area (Å²) >= 11 is 0. The van der Waals surface area contributed by atoms with Crippen LogP contribution >= 0.6 is 0 Å². The molecule has 1 fully saturated rings. The number of benzene rings is 4. The van der Waals surface area contributed by atoms with E-state index in [-0.39, 0.29) is 36.3 Å². The topological polar surface area (TPSA) is 86.1 Å². The summed E-state index contributed by atoms with van der Waals surface area (Å²) in [7, 11) is 0. The number of fused-ring (bicyclic) bond motifs is 2. The third-order valence-electron chi connectivity index (χ3n) is 9.18. The van der Waals surface area contributed by atoms with Crippen molar-refractivity contribution >= 4 is 5.69 Å². The molecule has 1 saturated heterocycles. The molecule has 338 valence electrons. The molecule has 0 amide bonds. The number of terminal acetylenes is 1. The van der Waals surface area contributed by atoms with Gasteiger partial charge in [0, 0.05) is 28.8 Å². The van der Waals surface area contributed by atoms with E-state index in [2.05, 4.69) is 46.9 Å². The van der Waals surface area contributed by atoms with Gasteiger partial charge in [-0.1, -0.05) is 42.3 Å². The number of nitrogens with one attached hydrogen (secondary N) is 1. The highest BCUT2D eigenvalue weighted by atomic mass is 19.1. The quantitative estimate of drug-likeness (QED) is 0.159. The number of hydrogen-bond donors (Lipinski definition) is 1. The number of anilines is 1. The van der Waals surface area contributed by atoms with Gasteiger partial charge in [0.2, 0.25) is 6.29 Å². The van der Waals surface area contributed by atoms with Crippen LogP contribution in [0.5, 0.6) is 11.5 Å². The van der Waals surface area contributed by atoms with Crippen molar-refractivity contribution in [1.82, 2.24) is 4.90 Å². The largest absolute Gasteiger partial charge is 0.491 e. The van der Waals surface area contributed by atoms with Crippen LogP contribution in [0.25, 0.3) is 0 Å². The first-order valence-electron chi connectivity index (χ1n) is 21.7. The number of ether oxygens (including phenoxy) is 5. The Balaban J connectivity index is 0.000000208. The molecule has 1 N–H and O–H groups in total. The second-order valence-electron chi connectivity index (χ2n) is 17.1. The number of para-hydroxylation sites is 2. The molecular formula is C51H70F2N4O5. The Morgan fingerprint density at radius 3 is 1.98 bits per heavy atom. The molecule has 1 atom stereocenters. The van der Waals surface area contributed by atoms with Crippen molar-refractivity contribution in [2.45, 2.75) is 138 Å². The van der Waals surface area contributed by atoms with Crippen LogP contribution in [0, 0.1) is 24.0 Å². The average Bonchev–Trinajstić information content (AvgIpc) is 3.95. The molecule has 9 nitrogen and oxygen atoms in total. The van der Waals surface area contributed by atoms with E-state index in [4.69, 9.17) is 30.1 Å². The molecule has 3 aliphatic heterocycles. The van der Waals surface area contributed by atoms with Crippen molar-refractivity contribution in [3.05, 3.63) is 124 Å². The molecule has 3 heterocycles. The highest BCUT2D eigenvalue weighted by molar-refractivity contribution is 5.46. The molecule has 0 saturated carbocycles. The highest BCUT2D eigenvalue weighted by Crippen LogP contribution is 2.26. The molecular weight excluding hydrogens is 787 g/mol. The normalized spacial score (nSPS) is 15.1. The fraction of sp³-hybridized carbons (Fsp3) is 0.490. The van der Waals surface area contributed by atoms with Gasteiger partial charge in [-0.15, -0.1) is 6.42 Å². The third kappa shape index (κ3) is 19.5. The number of nitrogens with zero attached hydrogens (tertiary/aromatic N) is 3. The minimum atomic E-state index is -0.552. The molecule has 0 aromatic heterocycles. The molecule has 0 bridgehead atoms. The maximum Gasteiger partial charge on any atom is 0.223 e.